The zero-order valence-electron chi connectivity index (χ0n) is 11.4. The number of rotatable bonds is 2. The van der Waals surface area contributed by atoms with Crippen LogP contribution in [-0.2, 0) is 19.4 Å². The summed E-state index contributed by atoms with van der Waals surface area (Å²) in [5.74, 6) is -1.67. The van der Waals surface area contributed by atoms with Crippen molar-refractivity contribution in [2.24, 2.45) is 0 Å². The van der Waals surface area contributed by atoms with E-state index in [1.807, 2.05) is 0 Å². The Morgan fingerprint density at radius 1 is 1.29 bits per heavy atom. The van der Waals surface area contributed by atoms with E-state index < -0.39 is 27.7 Å². The lowest BCUT2D eigenvalue weighted by atomic mass is 10.2. The Balaban J connectivity index is 1.99. The third-order valence-corrected chi connectivity index (χ3v) is 5.07. The first-order valence-electron chi connectivity index (χ1n) is 6.36. The minimum absolute atomic E-state index is 0.0277. The van der Waals surface area contributed by atoms with E-state index >= 15 is 0 Å². The highest BCUT2D eigenvalue weighted by molar-refractivity contribution is 7.91. The van der Waals surface area contributed by atoms with Crippen LogP contribution in [-0.4, -0.2) is 49.9 Å². The number of carbonyl (C=O) groups excluding carboxylic acids is 2. The van der Waals surface area contributed by atoms with E-state index in [-0.39, 0.29) is 17.3 Å². The quantitative estimate of drug-likeness (QED) is 0.727. The van der Waals surface area contributed by atoms with Gasteiger partial charge in [-0.05, 0) is 30.7 Å². The van der Waals surface area contributed by atoms with Crippen molar-refractivity contribution in [3.05, 3.63) is 24.3 Å². The van der Waals surface area contributed by atoms with Gasteiger partial charge in [-0.1, -0.05) is 0 Å². The SMILES string of the molecule is CN(C(=O)C(=O)NC1CCS(=O)(=O)C1)c1ccc(O)cc1. The number of sulfone groups is 1. The molecule has 0 spiro atoms. The number of likely N-dealkylation sites (N-methyl/N-ethyl adjacent to an activating group) is 1. The fourth-order valence-corrected chi connectivity index (χ4v) is 3.78. The number of nitrogens with one attached hydrogen (secondary N) is 1. The Kier molecular flexibility index (Phi) is 4.17. The van der Waals surface area contributed by atoms with Crippen LogP contribution in [0.25, 0.3) is 0 Å². The fourth-order valence-electron chi connectivity index (χ4n) is 2.10. The van der Waals surface area contributed by atoms with E-state index in [4.69, 9.17) is 0 Å². The monoisotopic (exact) mass is 312 g/mol. The minimum Gasteiger partial charge on any atom is -0.508 e. The number of amides is 2. The predicted octanol–water partition coefficient (Wildman–Crippen LogP) is -0.342. The van der Waals surface area contributed by atoms with Gasteiger partial charge >= 0.3 is 11.8 Å². The van der Waals surface area contributed by atoms with Crippen LogP contribution in [0.4, 0.5) is 5.69 Å². The van der Waals surface area contributed by atoms with Crippen LogP contribution >= 0.6 is 0 Å². The van der Waals surface area contributed by atoms with Gasteiger partial charge in [-0.25, -0.2) is 8.42 Å². The van der Waals surface area contributed by atoms with Crippen molar-refractivity contribution >= 4 is 27.3 Å². The molecule has 0 aliphatic carbocycles. The zero-order valence-corrected chi connectivity index (χ0v) is 12.3. The first-order valence-corrected chi connectivity index (χ1v) is 8.18. The van der Waals surface area contributed by atoms with Crippen LogP contribution < -0.4 is 10.2 Å². The van der Waals surface area contributed by atoms with Gasteiger partial charge in [-0.3, -0.25) is 9.59 Å². The van der Waals surface area contributed by atoms with Gasteiger partial charge in [0.2, 0.25) is 0 Å². The van der Waals surface area contributed by atoms with E-state index in [1.54, 1.807) is 0 Å². The summed E-state index contributed by atoms with van der Waals surface area (Å²) < 4.78 is 22.6. The molecule has 1 atom stereocenters. The molecule has 1 aromatic rings. The number of hydrogen-bond donors (Lipinski definition) is 2. The van der Waals surface area contributed by atoms with Gasteiger partial charge in [0.15, 0.2) is 9.84 Å². The van der Waals surface area contributed by atoms with Gasteiger partial charge < -0.3 is 15.3 Å². The average Bonchev–Trinajstić information content (AvgIpc) is 2.77. The summed E-state index contributed by atoms with van der Waals surface area (Å²) in [6.07, 6.45) is 0.324. The molecule has 1 aliphatic rings. The summed E-state index contributed by atoms with van der Waals surface area (Å²) in [4.78, 5) is 25.0. The van der Waals surface area contributed by atoms with Crippen molar-refractivity contribution in [2.45, 2.75) is 12.5 Å². The summed E-state index contributed by atoms with van der Waals surface area (Å²) in [7, 11) is -1.68. The lowest BCUT2D eigenvalue weighted by molar-refractivity contribution is -0.137. The summed E-state index contributed by atoms with van der Waals surface area (Å²) in [6, 6.07) is 5.29. The highest BCUT2D eigenvalue weighted by Gasteiger charge is 2.31. The van der Waals surface area contributed by atoms with Crippen LogP contribution in [0.15, 0.2) is 24.3 Å². The molecular weight excluding hydrogens is 296 g/mol. The average molecular weight is 312 g/mol. The lowest BCUT2D eigenvalue weighted by Crippen LogP contribution is -2.45. The van der Waals surface area contributed by atoms with Gasteiger partial charge in [-0.15, -0.1) is 0 Å². The van der Waals surface area contributed by atoms with E-state index in [1.165, 1.54) is 31.3 Å². The van der Waals surface area contributed by atoms with Gasteiger partial charge in [-0.2, -0.15) is 0 Å². The van der Waals surface area contributed by atoms with Crippen LogP contribution in [0.3, 0.4) is 0 Å². The number of aromatic hydroxyl groups is 1. The molecule has 1 aromatic carbocycles. The highest BCUT2D eigenvalue weighted by Crippen LogP contribution is 2.17. The molecule has 2 N–H and O–H groups in total. The van der Waals surface area contributed by atoms with Crippen molar-refractivity contribution in [3.8, 4) is 5.75 Å². The van der Waals surface area contributed by atoms with Gasteiger partial charge in [0.1, 0.15) is 5.75 Å². The predicted molar refractivity (Wildman–Crippen MR) is 76.7 cm³/mol. The standard InChI is InChI=1S/C13H16N2O5S/c1-15(10-2-4-11(16)5-3-10)13(18)12(17)14-9-6-7-21(19,20)8-9/h2-5,9,16H,6-8H2,1H3,(H,14,17). The maximum atomic E-state index is 12.0. The van der Waals surface area contributed by atoms with E-state index in [2.05, 4.69) is 5.32 Å². The molecule has 0 radical (unpaired) electrons. The van der Waals surface area contributed by atoms with E-state index in [0.717, 1.165) is 4.90 Å². The molecule has 2 amide bonds. The summed E-state index contributed by atoms with van der Waals surface area (Å²) in [5.41, 5.74) is 0.451. The Bertz CT molecular complexity index is 654. The molecule has 21 heavy (non-hydrogen) atoms. The molecule has 1 fully saturated rings. The third kappa shape index (κ3) is 3.72. The molecule has 0 aromatic heterocycles. The number of anilines is 1. The topological polar surface area (TPSA) is 104 Å². The summed E-state index contributed by atoms with van der Waals surface area (Å²) >= 11 is 0. The number of phenolic OH excluding ortho intramolecular Hbond substituents is 1. The number of hydrogen-bond acceptors (Lipinski definition) is 5. The molecule has 1 unspecified atom stereocenters. The first-order chi connectivity index (χ1) is 9.78. The minimum atomic E-state index is -3.11. The van der Waals surface area contributed by atoms with Crippen molar-refractivity contribution in [1.82, 2.24) is 5.32 Å². The number of carbonyl (C=O) groups is 2. The van der Waals surface area contributed by atoms with Crippen molar-refractivity contribution in [1.29, 1.82) is 0 Å². The molecule has 8 heteroatoms. The Morgan fingerprint density at radius 3 is 2.43 bits per heavy atom. The van der Waals surface area contributed by atoms with Gasteiger partial charge in [0, 0.05) is 18.8 Å². The highest BCUT2D eigenvalue weighted by atomic mass is 32.2. The molecular formula is C13H16N2O5S. The summed E-state index contributed by atoms with van der Waals surface area (Å²) in [6.45, 7) is 0. The molecule has 0 saturated carbocycles. The molecule has 0 bridgehead atoms. The number of benzene rings is 1. The smallest absolute Gasteiger partial charge is 0.316 e. The number of phenols is 1. The van der Waals surface area contributed by atoms with Crippen LogP contribution in [0, 0.1) is 0 Å². The second kappa shape index (κ2) is 5.72. The second-order valence-corrected chi connectivity index (χ2v) is 7.18. The first kappa shape index (κ1) is 15.3. The summed E-state index contributed by atoms with van der Waals surface area (Å²) in [5, 5.41) is 11.6. The lowest BCUT2D eigenvalue weighted by Gasteiger charge is -2.18. The largest absolute Gasteiger partial charge is 0.508 e. The fraction of sp³-hybridized carbons (Fsp3) is 0.385. The molecule has 1 aliphatic heterocycles. The number of nitrogens with zero attached hydrogens (tertiary/aromatic N) is 1. The third-order valence-electron chi connectivity index (χ3n) is 3.30. The zero-order chi connectivity index (χ0) is 15.6. The van der Waals surface area contributed by atoms with E-state index in [9.17, 15) is 23.1 Å². The molecule has 114 valence electrons. The van der Waals surface area contributed by atoms with Crippen LogP contribution in [0.2, 0.25) is 0 Å². The Hall–Kier alpha value is -2.09. The molecule has 1 saturated heterocycles. The van der Waals surface area contributed by atoms with Gasteiger partial charge in [0.25, 0.3) is 0 Å². The van der Waals surface area contributed by atoms with Crippen molar-refractivity contribution < 1.29 is 23.1 Å². The van der Waals surface area contributed by atoms with Crippen LogP contribution in [0.1, 0.15) is 6.42 Å². The Labute approximate surface area is 122 Å². The molecule has 7 nitrogen and oxygen atoms in total. The maximum absolute atomic E-state index is 12.0. The molecule has 1 heterocycles. The maximum Gasteiger partial charge on any atom is 0.316 e. The van der Waals surface area contributed by atoms with Gasteiger partial charge in [0.05, 0.1) is 11.5 Å². The molecule has 2 rings (SSSR count). The van der Waals surface area contributed by atoms with Crippen molar-refractivity contribution in [2.75, 3.05) is 23.5 Å². The van der Waals surface area contributed by atoms with E-state index in [0.29, 0.717) is 12.1 Å². The Morgan fingerprint density at radius 2 is 1.90 bits per heavy atom. The van der Waals surface area contributed by atoms with Crippen molar-refractivity contribution in [3.63, 3.8) is 0 Å². The van der Waals surface area contributed by atoms with Crippen LogP contribution in [0.5, 0.6) is 5.75 Å². The second-order valence-electron chi connectivity index (χ2n) is 4.95. The normalized spacial score (nSPS) is 20.0.